The fraction of sp³-hybridized carbons (Fsp3) is 0.174. The third-order valence-electron chi connectivity index (χ3n) is 4.98. The number of anilines is 1. The number of piperazine rings is 1. The molecule has 1 aliphatic heterocycles. The Hall–Kier alpha value is -4.45. The monoisotopic (exact) mass is 429 g/mol. The van der Waals surface area contributed by atoms with Gasteiger partial charge in [0, 0.05) is 43.5 Å². The number of carboxylic acids is 1. The number of carbonyl (C=O) groups excluding carboxylic acids is 1. The van der Waals surface area contributed by atoms with E-state index in [1.54, 1.807) is 35.4 Å². The number of aromatic nitrogens is 3. The fourth-order valence-corrected chi connectivity index (χ4v) is 3.33. The number of aromatic hydroxyl groups is 1. The van der Waals surface area contributed by atoms with Crippen molar-refractivity contribution < 1.29 is 19.8 Å². The van der Waals surface area contributed by atoms with Gasteiger partial charge in [-0.3, -0.25) is 9.78 Å². The highest BCUT2D eigenvalue weighted by molar-refractivity contribution is 5.97. The summed E-state index contributed by atoms with van der Waals surface area (Å²) in [6, 6.07) is 11.7. The van der Waals surface area contributed by atoms with Crippen molar-refractivity contribution in [2.45, 2.75) is 0 Å². The standard InChI is InChI=1S/C23H19N5O4/c29-18-13-16(14-24-15-18)5-6-17-3-1-2-4-19(17)22(30)28-11-9-27(10-12-28)21-8-7-20(23(31)32)25-26-21/h1-4,7-8,13-15,29H,9-12H2,(H,31,32). The van der Waals surface area contributed by atoms with Crippen molar-refractivity contribution in [2.75, 3.05) is 31.1 Å². The van der Waals surface area contributed by atoms with E-state index in [1.807, 2.05) is 11.0 Å². The first-order valence-electron chi connectivity index (χ1n) is 9.87. The van der Waals surface area contributed by atoms with Crippen molar-refractivity contribution in [2.24, 2.45) is 0 Å². The van der Waals surface area contributed by atoms with Crippen LogP contribution in [0.4, 0.5) is 5.82 Å². The molecule has 2 aromatic heterocycles. The van der Waals surface area contributed by atoms with E-state index in [0.29, 0.717) is 48.7 Å². The van der Waals surface area contributed by atoms with Crippen LogP contribution in [0.15, 0.2) is 54.9 Å². The van der Waals surface area contributed by atoms with Crippen LogP contribution in [0.25, 0.3) is 0 Å². The zero-order valence-corrected chi connectivity index (χ0v) is 17.0. The molecule has 3 aromatic rings. The Kier molecular flexibility index (Phi) is 5.94. The Morgan fingerprint density at radius 2 is 1.72 bits per heavy atom. The van der Waals surface area contributed by atoms with Crippen LogP contribution in [-0.2, 0) is 0 Å². The van der Waals surface area contributed by atoms with Crippen molar-refractivity contribution in [1.82, 2.24) is 20.1 Å². The number of pyridine rings is 1. The summed E-state index contributed by atoms with van der Waals surface area (Å²) in [6.45, 7) is 2.07. The Balaban J connectivity index is 1.45. The van der Waals surface area contributed by atoms with E-state index >= 15 is 0 Å². The zero-order valence-electron chi connectivity index (χ0n) is 17.0. The number of hydrogen-bond donors (Lipinski definition) is 2. The van der Waals surface area contributed by atoms with Gasteiger partial charge in [0.05, 0.1) is 11.8 Å². The lowest BCUT2D eigenvalue weighted by atomic mass is 10.1. The molecule has 1 amide bonds. The average Bonchev–Trinajstić information content (AvgIpc) is 2.83. The SMILES string of the molecule is O=C(O)c1ccc(N2CCN(C(=O)c3ccccc3C#Cc3cncc(O)c3)CC2)nn1. The minimum absolute atomic E-state index is 0.0290. The van der Waals surface area contributed by atoms with E-state index < -0.39 is 5.97 Å². The molecule has 0 radical (unpaired) electrons. The lowest BCUT2D eigenvalue weighted by Gasteiger charge is -2.35. The van der Waals surface area contributed by atoms with Gasteiger partial charge < -0.3 is 20.0 Å². The molecule has 1 aromatic carbocycles. The van der Waals surface area contributed by atoms with E-state index in [0.717, 1.165) is 0 Å². The summed E-state index contributed by atoms with van der Waals surface area (Å²) in [7, 11) is 0. The summed E-state index contributed by atoms with van der Waals surface area (Å²) in [5.41, 5.74) is 1.54. The van der Waals surface area contributed by atoms with Crippen LogP contribution >= 0.6 is 0 Å². The zero-order chi connectivity index (χ0) is 22.5. The van der Waals surface area contributed by atoms with Gasteiger partial charge in [-0.1, -0.05) is 24.0 Å². The number of benzene rings is 1. The molecule has 32 heavy (non-hydrogen) atoms. The smallest absolute Gasteiger partial charge is 0.356 e. The van der Waals surface area contributed by atoms with E-state index in [9.17, 15) is 14.7 Å². The highest BCUT2D eigenvalue weighted by Gasteiger charge is 2.24. The molecule has 0 unspecified atom stereocenters. The summed E-state index contributed by atoms with van der Waals surface area (Å²) in [6.07, 6.45) is 2.87. The Labute approximate surface area is 184 Å². The number of carboxylic acid groups (broad SMARTS) is 1. The molecule has 9 heteroatoms. The fourth-order valence-electron chi connectivity index (χ4n) is 3.33. The van der Waals surface area contributed by atoms with Gasteiger partial charge in [0.1, 0.15) is 5.75 Å². The first-order chi connectivity index (χ1) is 15.5. The summed E-state index contributed by atoms with van der Waals surface area (Å²) in [5.74, 6) is 5.30. The van der Waals surface area contributed by atoms with Gasteiger partial charge in [-0.2, -0.15) is 0 Å². The van der Waals surface area contributed by atoms with Gasteiger partial charge in [0.25, 0.3) is 5.91 Å². The number of rotatable bonds is 3. The van der Waals surface area contributed by atoms with Crippen LogP contribution in [0.2, 0.25) is 0 Å². The third-order valence-corrected chi connectivity index (χ3v) is 4.98. The van der Waals surface area contributed by atoms with Crippen molar-refractivity contribution in [1.29, 1.82) is 0 Å². The van der Waals surface area contributed by atoms with Gasteiger partial charge in [0.15, 0.2) is 11.5 Å². The molecular weight excluding hydrogens is 410 g/mol. The topological polar surface area (TPSA) is 120 Å². The molecule has 3 heterocycles. The lowest BCUT2D eigenvalue weighted by Crippen LogP contribution is -2.49. The van der Waals surface area contributed by atoms with Crippen LogP contribution < -0.4 is 4.90 Å². The predicted octanol–water partition coefficient (Wildman–Crippen LogP) is 1.64. The van der Waals surface area contributed by atoms with Gasteiger partial charge in [-0.05, 0) is 30.3 Å². The maximum atomic E-state index is 13.1. The highest BCUT2D eigenvalue weighted by atomic mass is 16.4. The number of aromatic carboxylic acids is 1. The Bertz CT molecular complexity index is 1210. The van der Waals surface area contributed by atoms with Crippen LogP contribution in [0.5, 0.6) is 5.75 Å². The molecule has 1 saturated heterocycles. The van der Waals surface area contributed by atoms with E-state index in [2.05, 4.69) is 27.0 Å². The molecule has 0 atom stereocenters. The van der Waals surface area contributed by atoms with Gasteiger partial charge in [-0.25, -0.2) is 4.79 Å². The first kappa shape index (κ1) is 20.8. The highest BCUT2D eigenvalue weighted by Crippen LogP contribution is 2.17. The van der Waals surface area contributed by atoms with Crippen LogP contribution in [0.3, 0.4) is 0 Å². The largest absolute Gasteiger partial charge is 0.506 e. The lowest BCUT2D eigenvalue weighted by molar-refractivity contribution is 0.0687. The predicted molar refractivity (Wildman–Crippen MR) is 115 cm³/mol. The minimum atomic E-state index is -1.12. The molecule has 9 nitrogen and oxygen atoms in total. The van der Waals surface area contributed by atoms with Crippen molar-refractivity contribution >= 4 is 17.7 Å². The van der Waals surface area contributed by atoms with Crippen molar-refractivity contribution in [3.05, 3.63) is 77.2 Å². The Morgan fingerprint density at radius 3 is 2.41 bits per heavy atom. The van der Waals surface area contributed by atoms with Gasteiger partial charge in [-0.15, -0.1) is 10.2 Å². The molecule has 2 N–H and O–H groups in total. The molecule has 4 rings (SSSR count). The molecular formula is C23H19N5O4. The molecule has 0 saturated carbocycles. The molecule has 1 fully saturated rings. The number of carbonyl (C=O) groups is 2. The maximum absolute atomic E-state index is 13.1. The summed E-state index contributed by atoms with van der Waals surface area (Å²) < 4.78 is 0. The molecule has 0 bridgehead atoms. The molecule has 1 aliphatic rings. The van der Waals surface area contributed by atoms with Gasteiger partial charge >= 0.3 is 5.97 Å². The van der Waals surface area contributed by atoms with E-state index in [1.165, 1.54) is 18.3 Å². The third kappa shape index (κ3) is 4.65. The number of hydrogen-bond acceptors (Lipinski definition) is 7. The van der Waals surface area contributed by atoms with Crippen LogP contribution in [0, 0.1) is 11.8 Å². The molecule has 0 aliphatic carbocycles. The molecule has 160 valence electrons. The van der Waals surface area contributed by atoms with E-state index in [4.69, 9.17) is 5.11 Å². The second kappa shape index (κ2) is 9.14. The van der Waals surface area contributed by atoms with Crippen molar-refractivity contribution in [3.63, 3.8) is 0 Å². The van der Waals surface area contributed by atoms with Crippen LogP contribution in [0.1, 0.15) is 32.0 Å². The second-order valence-corrected chi connectivity index (χ2v) is 7.09. The average molecular weight is 429 g/mol. The normalized spacial score (nSPS) is 13.2. The van der Waals surface area contributed by atoms with E-state index in [-0.39, 0.29) is 17.4 Å². The van der Waals surface area contributed by atoms with Crippen LogP contribution in [-0.4, -0.2) is 68.3 Å². The second-order valence-electron chi connectivity index (χ2n) is 7.09. The minimum Gasteiger partial charge on any atom is -0.506 e. The molecule has 0 spiro atoms. The maximum Gasteiger partial charge on any atom is 0.356 e. The van der Waals surface area contributed by atoms with Crippen molar-refractivity contribution in [3.8, 4) is 17.6 Å². The summed E-state index contributed by atoms with van der Waals surface area (Å²) in [5, 5.41) is 26.2. The first-order valence-corrected chi connectivity index (χ1v) is 9.87. The number of nitrogens with zero attached hydrogens (tertiary/aromatic N) is 5. The van der Waals surface area contributed by atoms with Gasteiger partial charge in [0.2, 0.25) is 0 Å². The quantitative estimate of drug-likeness (QED) is 0.603. The summed E-state index contributed by atoms with van der Waals surface area (Å²) in [4.78, 5) is 31.7. The number of amides is 1. The summed E-state index contributed by atoms with van der Waals surface area (Å²) >= 11 is 0. The Morgan fingerprint density at radius 1 is 0.938 bits per heavy atom.